The van der Waals surface area contributed by atoms with E-state index < -0.39 is 23.5 Å². The molecule has 0 aromatic rings. The number of ether oxygens (including phenoxy) is 1. The van der Waals surface area contributed by atoms with Crippen molar-refractivity contribution in [3.63, 3.8) is 0 Å². The van der Waals surface area contributed by atoms with Gasteiger partial charge in [-0.15, -0.1) is 0 Å². The maximum absolute atomic E-state index is 11.0. The van der Waals surface area contributed by atoms with Crippen LogP contribution in [0.1, 0.15) is 20.3 Å². The standard InChI is InChI=1S/C8H14O5.H3N/c1-4-5(2)8(12,6(9)10)7(11)13-3;/h5,12H,4H2,1-3H3,(H,9,10);1H3. The van der Waals surface area contributed by atoms with E-state index >= 15 is 0 Å². The van der Waals surface area contributed by atoms with Crippen LogP contribution in [0.25, 0.3) is 0 Å². The Kier molecular flexibility index (Phi) is 6.09. The lowest BCUT2D eigenvalue weighted by atomic mass is 9.87. The second-order valence-electron chi connectivity index (χ2n) is 2.85. The number of hydrogen-bond donors (Lipinski definition) is 2. The summed E-state index contributed by atoms with van der Waals surface area (Å²) in [5.41, 5.74) is -2.54. The molecule has 6 nitrogen and oxygen atoms in total. The molecule has 0 fully saturated rings. The number of carbonyl (C=O) groups excluding carboxylic acids is 2. The summed E-state index contributed by atoms with van der Waals surface area (Å²) in [5.74, 6) is -3.76. The summed E-state index contributed by atoms with van der Waals surface area (Å²) in [7, 11) is 1.01. The zero-order valence-corrected chi connectivity index (χ0v) is 8.86. The fourth-order valence-corrected chi connectivity index (χ4v) is 0.937. The van der Waals surface area contributed by atoms with Gasteiger partial charge in [0.1, 0.15) is 0 Å². The van der Waals surface area contributed by atoms with Crippen molar-refractivity contribution in [2.75, 3.05) is 7.11 Å². The zero-order valence-electron chi connectivity index (χ0n) is 8.86. The predicted octanol–water partition coefficient (Wildman–Crippen LogP) is -0.937. The van der Waals surface area contributed by atoms with Crippen LogP contribution in [0.4, 0.5) is 0 Å². The maximum atomic E-state index is 11.0. The van der Waals surface area contributed by atoms with Gasteiger partial charge in [-0.1, -0.05) is 13.8 Å². The van der Waals surface area contributed by atoms with Crippen molar-refractivity contribution in [2.24, 2.45) is 5.92 Å². The van der Waals surface area contributed by atoms with Crippen molar-refractivity contribution in [1.82, 2.24) is 6.15 Å². The van der Waals surface area contributed by atoms with Crippen molar-refractivity contribution in [3.05, 3.63) is 0 Å². The number of carboxylic acid groups (broad SMARTS) is 1. The number of aliphatic carboxylic acids is 1. The van der Waals surface area contributed by atoms with Crippen molar-refractivity contribution in [1.29, 1.82) is 0 Å². The molecule has 0 saturated carbocycles. The molecule has 0 aromatic carbocycles. The molecule has 0 rings (SSSR count). The first-order valence-electron chi connectivity index (χ1n) is 3.93. The summed E-state index contributed by atoms with van der Waals surface area (Å²) in [6.45, 7) is 3.09. The Hall–Kier alpha value is -1.14. The molecule has 0 aromatic heterocycles. The molecule has 14 heavy (non-hydrogen) atoms. The average Bonchev–Trinajstić information content (AvgIpc) is 2.13. The molecule has 0 spiro atoms. The van der Waals surface area contributed by atoms with Crippen molar-refractivity contribution in [2.45, 2.75) is 25.9 Å². The Morgan fingerprint density at radius 2 is 2.00 bits per heavy atom. The molecule has 0 aliphatic rings. The Labute approximate surface area is 82.5 Å². The third-order valence-corrected chi connectivity index (χ3v) is 2.13. The third kappa shape index (κ3) is 2.43. The van der Waals surface area contributed by atoms with Crippen LogP contribution in [0.3, 0.4) is 0 Å². The van der Waals surface area contributed by atoms with Crippen LogP contribution in [-0.2, 0) is 14.3 Å². The molecule has 0 heterocycles. The van der Waals surface area contributed by atoms with Gasteiger partial charge in [0.2, 0.25) is 5.60 Å². The molecule has 2 atom stereocenters. The van der Waals surface area contributed by atoms with Gasteiger partial charge in [-0.25, -0.2) is 4.79 Å². The van der Waals surface area contributed by atoms with Gasteiger partial charge in [0.15, 0.2) is 0 Å². The molecule has 2 unspecified atom stereocenters. The number of esters is 1. The molecule has 6 heteroatoms. The summed E-state index contributed by atoms with van der Waals surface area (Å²) in [6, 6.07) is 0. The number of carboxylic acids is 1. The SMILES string of the molecule is CCC(C)C(O)(C(=O)[O-])C(=O)OC.[NH4+]. The minimum Gasteiger partial charge on any atom is -0.546 e. The molecule has 84 valence electrons. The first-order valence-corrected chi connectivity index (χ1v) is 3.93. The molecular weight excluding hydrogens is 190 g/mol. The van der Waals surface area contributed by atoms with Crippen molar-refractivity contribution in [3.8, 4) is 0 Å². The van der Waals surface area contributed by atoms with Gasteiger partial charge in [-0.3, -0.25) is 0 Å². The van der Waals surface area contributed by atoms with Crippen LogP contribution in [-0.4, -0.2) is 29.8 Å². The Morgan fingerprint density at radius 1 is 1.57 bits per heavy atom. The van der Waals surface area contributed by atoms with E-state index in [0.717, 1.165) is 7.11 Å². The van der Waals surface area contributed by atoms with Gasteiger partial charge in [-0.05, 0) is 6.42 Å². The van der Waals surface area contributed by atoms with Gasteiger partial charge in [0, 0.05) is 5.92 Å². The molecule has 0 radical (unpaired) electrons. The highest BCUT2D eigenvalue weighted by molar-refractivity contribution is 6.01. The van der Waals surface area contributed by atoms with Crippen LogP contribution in [0, 0.1) is 5.92 Å². The van der Waals surface area contributed by atoms with Crippen LogP contribution in [0.15, 0.2) is 0 Å². The van der Waals surface area contributed by atoms with Gasteiger partial charge in [0.05, 0.1) is 13.1 Å². The second kappa shape index (κ2) is 5.56. The summed E-state index contributed by atoms with van der Waals surface area (Å²) in [4.78, 5) is 21.5. The van der Waals surface area contributed by atoms with E-state index in [-0.39, 0.29) is 6.15 Å². The highest BCUT2D eigenvalue weighted by atomic mass is 16.5. The number of hydrogen-bond acceptors (Lipinski definition) is 5. The van der Waals surface area contributed by atoms with Crippen LogP contribution < -0.4 is 11.3 Å². The van der Waals surface area contributed by atoms with Crippen molar-refractivity contribution < 1.29 is 24.5 Å². The largest absolute Gasteiger partial charge is 0.546 e. The van der Waals surface area contributed by atoms with Gasteiger partial charge in [-0.2, -0.15) is 0 Å². The Morgan fingerprint density at radius 3 is 2.21 bits per heavy atom. The van der Waals surface area contributed by atoms with Crippen molar-refractivity contribution >= 4 is 11.9 Å². The van der Waals surface area contributed by atoms with E-state index in [2.05, 4.69) is 4.74 Å². The number of rotatable bonds is 4. The summed E-state index contributed by atoms with van der Waals surface area (Å²) in [6.07, 6.45) is 0.333. The lowest BCUT2D eigenvalue weighted by Crippen LogP contribution is -2.58. The number of carbonyl (C=O) groups is 2. The van der Waals surface area contributed by atoms with Gasteiger partial charge in [0.25, 0.3) is 0 Å². The first-order chi connectivity index (χ1) is 5.91. The normalized spacial score (nSPS) is 16.0. The average molecular weight is 207 g/mol. The van der Waals surface area contributed by atoms with Gasteiger partial charge < -0.3 is 25.9 Å². The smallest absolute Gasteiger partial charge is 0.344 e. The minimum atomic E-state index is -2.54. The van der Waals surface area contributed by atoms with Gasteiger partial charge >= 0.3 is 5.97 Å². The fourth-order valence-electron chi connectivity index (χ4n) is 0.937. The predicted molar refractivity (Wildman–Crippen MR) is 47.4 cm³/mol. The monoisotopic (exact) mass is 207 g/mol. The van der Waals surface area contributed by atoms with Crippen LogP contribution in [0.2, 0.25) is 0 Å². The number of methoxy groups -OCH3 is 1. The highest BCUT2D eigenvalue weighted by Crippen LogP contribution is 2.21. The third-order valence-electron chi connectivity index (χ3n) is 2.13. The lowest BCUT2D eigenvalue weighted by molar-refractivity contribution is -0.326. The van der Waals surface area contributed by atoms with E-state index in [0.29, 0.717) is 6.42 Å². The van der Waals surface area contributed by atoms with E-state index in [4.69, 9.17) is 0 Å². The molecular formula is C8H17NO5. The minimum absolute atomic E-state index is 0. The molecule has 0 aliphatic carbocycles. The lowest BCUT2D eigenvalue weighted by Gasteiger charge is -2.31. The topological polar surface area (TPSA) is 123 Å². The second-order valence-corrected chi connectivity index (χ2v) is 2.85. The summed E-state index contributed by atoms with van der Waals surface area (Å²) >= 11 is 0. The zero-order chi connectivity index (χ0) is 10.6. The fraction of sp³-hybridized carbons (Fsp3) is 0.750. The van der Waals surface area contributed by atoms with Crippen LogP contribution >= 0.6 is 0 Å². The molecule has 0 saturated heterocycles. The summed E-state index contributed by atoms with van der Waals surface area (Å²) in [5, 5.41) is 20.0. The molecule has 0 bridgehead atoms. The number of aliphatic hydroxyl groups is 1. The van der Waals surface area contributed by atoms with E-state index in [9.17, 15) is 19.8 Å². The number of quaternary nitrogens is 1. The first kappa shape index (κ1) is 15.3. The summed E-state index contributed by atoms with van der Waals surface area (Å²) < 4.78 is 4.19. The molecule has 0 aliphatic heterocycles. The quantitative estimate of drug-likeness (QED) is 0.455. The van der Waals surface area contributed by atoms with E-state index in [1.54, 1.807) is 6.92 Å². The maximum Gasteiger partial charge on any atom is 0.344 e. The van der Waals surface area contributed by atoms with E-state index in [1.165, 1.54) is 6.92 Å². The molecule has 5 N–H and O–H groups in total. The van der Waals surface area contributed by atoms with E-state index in [1.807, 2.05) is 0 Å². The van der Waals surface area contributed by atoms with Crippen LogP contribution in [0.5, 0.6) is 0 Å². The Bertz CT molecular complexity index is 218. The Balaban J connectivity index is 0. The highest BCUT2D eigenvalue weighted by Gasteiger charge is 2.43. The molecule has 0 amide bonds.